The molecule has 3 nitrogen and oxygen atoms in total. The Bertz CT molecular complexity index is 582. The predicted molar refractivity (Wildman–Crippen MR) is 88.4 cm³/mol. The van der Waals surface area contributed by atoms with Crippen LogP contribution in [0, 0.1) is 12.3 Å². The molecule has 1 unspecified atom stereocenters. The molecule has 0 aromatic heterocycles. The Morgan fingerprint density at radius 1 is 1.29 bits per heavy atom. The summed E-state index contributed by atoms with van der Waals surface area (Å²) in [5, 5.41) is 2.96. The summed E-state index contributed by atoms with van der Waals surface area (Å²) in [6, 6.07) is 6.17. The molecule has 5 heteroatoms. The highest BCUT2D eigenvalue weighted by Gasteiger charge is 2.67. The Balaban J connectivity index is 1.73. The van der Waals surface area contributed by atoms with Crippen molar-refractivity contribution in [3.63, 3.8) is 0 Å². The van der Waals surface area contributed by atoms with Gasteiger partial charge in [0.15, 0.2) is 0 Å². The lowest BCUT2D eigenvalue weighted by atomic mass is 10.1. The van der Waals surface area contributed by atoms with Crippen LogP contribution in [-0.2, 0) is 4.79 Å². The third kappa shape index (κ3) is 2.62. The molecule has 21 heavy (non-hydrogen) atoms. The van der Waals surface area contributed by atoms with Crippen LogP contribution in [0.2, 0.25) is 0 Å². The number of hydrogen-bond acceptors (Lipinski definition) is 2. The number of halogens is 2. The molecule has 1 aromatic rings. The Hall–Kier alpha value is -0.930. The zero-order valence-electron chi connectivity index (χ0n) is 12.4. The van der Waals surface area contributed by atoms with Gasteiger partial charge in [0.1, 0.15) is 4.33 Å². The van der Waals surface area contributed by atoms with Gasteiger partial charge in [-0.3, -0.25) is 4.79 Å². The highest BCUT2D eigenvalue weighted by Crippen LogP contribution is 2.64. The van der Waals surface area contributed by atoms with E-state index >= 15 is 0 Å². The van der Waals surface area contributed by atoms with E-state index in [1.54, 1.807) is 6.92 Å². The molecule has 1 aliphatic heterocycles. The second-order valence-electron chi connectivity index (χ2n) is 6.36. The second kappa shape index (κ2) is 5.06. The molecular formula is C16H20Cl2N2O. The maximum atomic E-state index is 12.3. The fourth-order valence-corrected chi connectivity index (χ4v) is 3.57. The number of carbonyl (C=O) groups excluding carboxylic acids is 1. The van der Waals surface area contributed by atoms with Gasteiger partial charge >= 0.3 is 0 Å². The minimum absolute atomic E-state index is 0.107. The van der Waals surface area contributed by atoms with Crippen LogP contribution in [0.5, 0.6) is 0 Å². The maximum Gasteiger partial charge on any atom is 0.233 e. The van der Waals surface area contributed by atoms with Gasteiger partial charge < -0.3 is 10.2 Å². The van der Waals surface area contributed by atoms with E-state index in [1.807, 2.05) is 13.0 Å². The highest BCUT2D eigenvalue weighted by molar-refractivity contribution is 6.53. The number of alkyl halides is 2. The van der Waals surface area contributed by atoms with Gasteiger partial charge in [-0.15, -0.1) is 23.2 Å². The van der Waals surface area contributed by atoms with E-state index in [-0.39, 0.29) is 5.91 Å². The van der Waals surface area contributed by atoms with Gasteiger partial charge in [0.25, 0.3) is 0 Å². The molecule has 1 saturated carbocycles. The van der Waals surface area contributed by atoms with E-state index in [4.69, 9.17) is 23.2 Å². The van der Waals surface area contributed by atoms with Gasteiger partial charge in [0.2, 0.25) is 5.91 Å². The van der Waals surface area contributed by atoms with E-state index in [0.29, 0.717) is 6.42 Å². The summed E-state index contributed by atoms with van der Waals surface area (Å²) in [6.45, 7) is 6.05. The third-order valence-electron chi connectivity index (χ3n) is 4.69. The fourth-order valence-electron chi connectivity index (χ4n) is 2.87. The van der Waals surface area contributed by atoms with E-state index in [1.165, 1.54) is 18.5 Å². The molecule has 1 atom stereocenters. The van der Waals surface area contributed by atoms with Crippen LogP contribution in [0.3, 0.4) is 0 Å². The van der Waals surface area contributed by atoms with Crippen LogP contribution in [0.25, 0.3) is 0 Å². The van der Waals surface area contributed by atoms with Crippen molar-refractivity contribution in [3.05, 3.63) is 23.8 Å². The Morgan fingerprint density at radius 2 is 1.90 bits per heavy atom. The van der Waals surface area contributed by atoms with Crippen LogP contribution in [0.1, 0.15) is 31.7 Å². The van der Waals surface area contributed by atoms with Gasteiger partial charge in [0, 0.05) is 24.5 Å². The van der Waals surface area contributed by atoms with Crippen molar-refractivity contribution in [2.45, 2.75) is 37.4 Å². The predicted octanol–water partition coefficient (Wildman–Crippen LogP) is 4.12. The zero-order chi connectivity index (χ0) is 15.3. The molecule has 0 bridgehead atoms. The summed E-state index contributed by atoms with van der Waals surface area (Å²) in [5.41, 5.74) is 2.44. The normalized spacial score (nSPS) is 26.8. The fraction of sp³-hybridized carbons (Fsp3) is 0.562. The second-order valence-corrected chi connectivity index (χ2v) is 7.84. The first-order valence-corrected chi connectivity index (χ1v) is 8.14. The topological polar surface area (TPSA) is 32.3 Å². The van der Waals surface area contributed by atoms with Crippen molar-refractivity contribution in [1.82, 2.24) is 0 Å². The zero-order valence-corrected chi connectivity index (χ0v) is 13.9. The number of anilines is 2. The number of nitrogens with one attached hydrogen (secondary N) is 1. The molecular weight excluding hydrogens is 307 g/mol. The van der Waals surface area contributed by atoms with Crippen molar-refractivity contribution in [2.24, 2.45) is 5.41 Å². The van der Waals surface area contributed by atoms with Crippen molar-refractivity contribution < 1.29 is 4.79 Å². The first-order chi connectivity index (χ1) is 9.83. The molecule has 2 fully saturated rings. The minimum Gasteiger partial charge on any atom is -0.372 e. The van der Waals surface area contributed by atoms with E-state index in [9.17, 15) is 4.79 Å². The number of aryl methyl sites for hydroxylation is 1. The van der Waals surface area contributed by atoms with Gasteiger partial charge in [0.05, 0.1) is 5.41 Å². The first kappa shape index (κ1) is 15.0. The van der Waals surface area contributed by atoms with Crippen molar-refractivity contribution >= 4 is 40.5 Å². The minimum atomic E-state index is -0.930. The molecule has 1 heterocycles. The number of hydrogen-bond donors (Lipinski definition) is 1. The molecule has 1 amide bonds. The lowest BCUT2D eigenvalue weighted by molar-refractivity contribution is -0.120. The molecule has 0 radical (unpaired) electrons. The third-order valence-corrected chi connectivity index (χ3v) is 5.79. The van der Waals surface area contributed by atoms with Gasteiger partial charge in [-0.05, 0) is 56.9 Å². The van der Waals surface area contributed by atoms with Crippen LogP contribution in [-0.4, -0.2) is 23.3 Å². The van der Waals surface area contributed by atoms with Gasteiger partial charge in [-0.25, -0.2) is 0 Å². The number of carbonyl (C=O) groups is 1. The molecule has 0 spiro atoms. The van der Waals surface area contributed by atoms with Crippen molar-refractivity contribution in [1.29, 1.82) is 0 Å². The average Bonchev–Trinajstić information content (AvgIpc) is 2.84. The van der Waals surface area contributed by atoms with Crippen LogP contribution < -0.4 is 10.2 Å². The Labute approximate surface area is 135 Å². The van der Waals surface area contributed by atoms with E-state index in [0.717, 1.165) is 24.3 Å². The standard InChI is InChI=1S/C16H20Cl2N2O/c1-11-9-12(20-7-3-4-8-20)5-6-13(11)19-14(21)15(2)10-16(15,17)18/h5-6,9H,3-4,7-8,10H2,1-2H3,(H,19,21). The number of nitrogens with zero attached hydrogens (tertiary/aromatic N) is 1. The molecule has 1 N–H and O–H groups in total. The maximum absolute atomic E-state index is 12.3. The highest BCUT2D eigenvalue weighted by atomic mass is 35.5. The SMILES string of the molecule is Cc1cc(N2CCCC2)ccc1NC(=O)C1(C)CC1(Cl)Cl. The summed E-state index contributed by atoms with van der Waals surface area (Å²) in [5.74, 6) is -0.107. The summed E-state index contributed by atoms with van der Waals surface area (Å²) >= 11 is 12.1. The molecule has 114 valence electrons. The van der Waals surface area contributed by atoms with Crippen molar-refractivity contribution in [3.8, 4) is 0 Å². The largest absolute Gasteiger partial charge is 0.372 e. The van der Waals surface area contributed by atoms with Crippen LogP contribution >= 0.6 is 23.2 Å². The molecule has 1 aliphatic carbocycles. The monoisotopic (exact) mass is 326 g/mol. The molecule has 2 aliphatic rings. The first-order valence-electron chi connectivity index (χ1n) is 7.38. The summed E-state index contributed by atoms with van der Waals surface area (Å²) in [4.78, 5) is 14.7. The Morgan fingerprint density at radius 3 is 2.43 bits per heavy atom. The van der Waals surface area contributed by atoms with Crippen molar-refractivity contribution in [2.75, 3.05) is 23.3 Å². The van der Waals surface area contributed by atoms with E-state index in [2.05, 4.69) is 22.3 Å². The summed E-state index contributed by atoms with van der Waals surface area (Å²) in [7, 11) is 0. The lowest BCUT2D eigenvalue weighted by Gasteiger charge is -2.20. The quantitative estimate of drug-likeness (QED) is 0.847. The van der Waals surface area contributed by atoms with Crippen LogP contribution in [0.15, 0.2) is 18.2 Å². The Kier molecular flexibility index (Phi) is 3.61. The average molecular weight is 327 g/mol. The van der Waals surface area contributed by atoms with Gasteiger partial charge in [-0.2, -0.15) is 0 Å². The number of rotatable bonds is 3. The summed E-state index contributed by atoms with van der Waals surface area (Å²) in [6.07, 6.45) is 3.01. The van der Waals surface area contributed by atoms with E-state index < -0.39 is 9.75 Å². The number of amides is 1. The molecule has 1 aromatic carbocycles. The summed E-state index contributed by atoms with van der Waals surface area (Å²) < 4.78 is -0.930. The van der Waals surface area contributed by atoms with Crippen LogP contribution in [0.4, 0.5) is 11.4 Å². The molecule has 3 rings (SSSR count). The lowest BCUT2D eigenvalue weighted by Crippen LogP contribution is -2.26. The van der Waals surface area contributed by atoms with Gasteiger partial charge in [-0.1, -0.05) is 0 Å². The molecule has 1 saturated heterocycles. The smallest absolute Gasteiger partial charge is 0.233 e. The number of benzene rings is 1.